The largest absolute Gasteiger partial charge is 0.480 e. The van der Waals surface area contributed by atoms with Crippen molar-refractivity contribution in [2.75, 3.05) is 6.61 Å². The van der Waals surface area contributed by atoms with Crippen LogP contribution < -0.4 is 5.32 Å². The summed E-state index contributed by atoms with van der Waals surface area (Å²) < 4.78 is 4.68. The van der Waals surface area contributed by atoms with Crippen LogP contribution in [0.25, 0.3) is 0 Å². The molecule has 5 nitrogen and oxygen atoms in total. The van der Waals surface area contributed by atoms with E-state index >= 15 is 0 Å². The van der Waals surface area contributed by atoms with Crippen molar-refractivity contribution in [2.45, 2.75) is 12.5 Å². The molecule has 0 aliphatic rings. The predicted octanol–water partition coefficient (Wildman–Crippen LogP) is 2.25. The predicted molar refractivity (Wildman–Crippen MR) is 71.3 cm³/mol. The number of hydrogen-bond acceptors (Lipinski definition) is 3. The number of hydrogen-bond donors (Lipinski definition) is 2. The summed E-state index contributed by atoms with van der Waals surface area (Å²) in [6.07, 6.45) is 0.668. The summed E-state index contributed by atoms with van der Waals surface area (Å²) in [4.78, 5) is 22.4. The molecule has 1 aromatic carbocycles. The minimum Gasteiger partial charge on any atom is -0.480 e. The molecule has 102 valence electrons. The molecule has 1 aromatic rings. The second kappa shape index (κ2) is 7.43. The Kier molecular flexibility index (Phi) is 5.89. The Morgan fingerprint density at radius 2 is 2.16 bits per heavy atom. The number of ether oxygens (including phenoxy) is 1. The SMILES string of the molecule is C=CCOC(=O)NC(Cc1ccccc1Cl)C(=O)O. The van der Waals surface area contributed by atoms with E-state index in [9.17, 15) is 9.59 Å². The Balaban J connectivity index is 2.68. The quantitative estimate of drug-likeness (QED) is 0.785. The molecule has 0 spiro atoms. The van der Waals surface area contributed by atoms with Gasteiger partial charge in [0.1, 0.15) is 12.6 Å². The van der Waals surface area contributed by atoms with E-state index in [4.69, 9.17) is 16.7 Å². The molecular formula is C13H14ClNO4. The molecule has 0 aromatic heterocycles. The number of carboxylic acid groups (broad SMARTS) is 1. The number of rotatable bonds is 6. The third-order valence-corrected chi connectivity index (χ3v) is 2.67. The Bertz CT molecular complexity index is 475. The fraction of sp³-hybridized carbons (Fsp3) is 0.231. The summed E-state index contributed by atoms with van der Waals surface area (Å²) in [7, 11) is 0. The van der Waals surface area contributed by atoms with Gasteiger partial charge >= 0.3 is 12.1 Å². The topological polar surface area (TPSA) is 75.6 Å². The van der Waals surface area contributed by atoms with E-state index in [2.05, 4.69) is 16.6 Å². The molecule has 0 aliphatic carbocycles. The van der Waals surface area contributed by atoms with E-state index in [0.29, 0.717) is 10.6 Å². The van der Waals surface area contributed by atoms with Crippen LogP contribution in [-0.2, 0) is 16.0 Å². The lowest BCUT2D eigenvalue weighted by Crippen LogP contribution is -2.42. The number of carbonyl (C=O) groups excluding carboxylic acids is 1. The van der Waals surface area contributed by atoms with Gasteiger partial charge in [-0.1, -0.05) is 42.5 Å². The van der Waals surface area contributed by atoms with Crippen molar-refractivity contribution >= 4 is 23.7 Å². The van der Waals surface area contributed by atoms with Crippen molar-refractivity contribution in [1.82, 2.24) is 5.32 Å². The van der Waals surface area contributed by atoms with E-state index in [1.807, 2.05) is 0 Å². The van der Waals surface area contributed by atoms with Crippen molar-refractivity contribution in [1.29, 1.82) is 0 Å². The van der Waals surface area contributed by atoms with Gasteiger partial charge in [-0.25, -0.2) is 9.59 Å². The highest BCUT2D eigenvalue weighted by molar-refractivity contribution is 6.31. The van der Waals surface area contributed by atoms with Crippen molar-refractivity contribution < 1.29 is 19.4 Å². The van der Waals surface area contributed by atoms with Gasteiger partial charge in [0.25, 0.3) is 0 Å². The molecule has 1 unspecified atom stereocenters. The summed E-state index contributed by atoms with van der Waals surface area (Å²) in [5.41, 5.74) is 0.639. The van der Waals surface area contributed by atoms with E-state index < -0.39 is 18.1 Å². The molecule has 0 heterocycles. The second-order valence-electron chi connectivity index (χ2n) is 3.72. The maximum Gasteiger partial charge on any atom is 0.408 e. The first-order valence-electron chi connectivity index (χ1n) is 5.55. The molecule has 1 atom stereocenters. The normalized spacial score (nSPS) is 11.4. The lowest BCUT2D eigenvalue weighted by Gasteiger charge is -2.14. The smallest absolute Gasteiger partial charge is 0.408 e. The summed E-state index contributed by atoms with van der Waals surface area (Å²) >= 11 is 5.94. The van der Waals surface area contributed by atoms with Crippen molar-refractivity contribution in [3.8, 4) is 0 Å². The summed E-state index contributed by atoms with van der Waals surface area (Å²) in [5, 5.41) is 11.8. The van der Waals surface area contributed by atoms with Crippen molar-refractivity contribution in [3.05, 3.63) is 47.5 Å². The molecule has 0 fully saturated rings. The molecule has 19 heavy (non-hydrogen) atoms. The van der Waals surface area contributed by atoms with Gasteiger partial charge in [-0.2, -0.15) is 0 Å². The van der Waals surface area contributed by atoms with Crippen LogP contribution in [0.1, 0.15) is 5.56 Å². The zero-order chi connectivity index (χ0) is 14.3. The number of halogens is 1. The molecule has 1 amide bonds. The van der Waals surface area contributed by atoms with Gasteiger partial charge in [-0.15, -0.1) is 0 Å². The maximum atomic E-state index is 11.3. The monoisotopic (exact) mass is 283 g/mol. The zero-order valence-electron chi connectivity index (χ0n) is 10.1. The molecule has 2 N–H and O–H groups in total. The Hall–Kier alpha value is -2.01. The summed E-state index contributed by atoms with van der Waals surface area (Å²) in [5.74, 6) is -1.16. The van der Waals surface area contributed by atoms with Gasteiger partial charge in [0.05, 0.1) is 0 Å². The molecule has 1 rings (SSSR count). The molecule has 6 heteroatoms. The Labute approximate surface area is 115 Å². The van der Waals surface area contributed by atoms with Crippen LogP contribution in [0.4, 0.5) is 4.79 Å². The van der Waals surface area contributed by atoms with Gasteiger partial charge in [-0.3, -0.25) is 0 Å². The summed E-state index contributed by atoms with van der Waals surface area (Å²) in [6.45, 7) is 3.41. The standard InChI is InChI=1S/C13H14ClNO4/c1-2-7-19-13(18)15-11(12(16)17)8-9-5-3-4-6-10(9)14/h2-6,11H,1,7-8H2,(H,15,18)(H,16,17). The Morgan fingerprint density at radius 3 is 2.74 bits per heavy atom. The van der Waals surface area contributed by atoms with Crippen molar-refractivity contribution in [2.24, 2.45) is 0 Å². The first kappa shape index (κ1) is 15.0. The lowest BCUT2D eigenvalue weighted by molar-refractivity contribution is -0.139. The van der Waals surface area contributed by atoms with Crippen LogP contribution >= 0.6 is 11.6 Å². The fourth-order valence-electron chi connectivity index (χ4n) is 1.40. The number of aliphatic carboxylic acids is 1. The van der Waals surface area contributed by atoms with Gasteiger partial charge in [0.2, 0.25) is 0 Å². The molecule has 0 radical (unpaired) electrons. The number of alkyl carbamates (subject to hydrolysis) is 1. The number of amides is 1. The van der Waals surface area contributed by atoms with Gasteiger partial charge in [0, 0.05) is 11.4 Å². The molecular weight excluding hydrogens is 270 g/mol. The fourth-order valence-corrected chi connectivity index (χ4v) is 1.62. The number of carbonyl (C=O) groups is 2. The number of nitrogens with one attached hydrogen (secondary N) is 1. The minimum atomic E-state index is -1.16. The third kappa shape index (κ3) is 5.01. The van der Waals surface area contributed by atoms with Gasteiger partial charge < -0.3 is 15.2 Å². The zero-order valence-corrected chi connectivity index (χ0v) is 10.9. The van der Waals surface area contributed by atoms with Crippen LogP contribution in [0.5, 0.6) is 0 Å². The van der Waals surface area contributed by atoms with Crippen LogP contribution in [-0.4, -0.2) is 29.8 Å². The highest BCUT2D eigenvalue weighted by atomic mass is 35.5. The van der Waals surface area contributed by atoms with Crippen LogP contribution in [0, 0.1) is 0 Å². The van der Waals surface area contributed by atoms with E-state index in [-0.39, 0.29) is 13.0 Å². The van der Waals surface area contributed by atoms with E-state index in [1.54, 1.807) is 24.3 Å². The van der Waals surface area contributed by atoms with E-state index in [1.165, 1.54) is 6.08 Å². The summed E-state index contributed by atoms with van der Waals surface area (Å²) in [6, 6.07) is 5.75. The van der Waals surface area contributed by atoms with Crippen LogP contribution in [0.3, 0.4) is 0 Å². The average Bonchev–Trinajstić information content (AvgIpc) is 2.38. The molecule has 0 bridgehead atoms. The molecule has 0 aliphatic heterocycles. The average molecular weight is 284 g/mol. The third-order valence-electron chi connectivity index (χ3n) is 2.30. The maximum absolute atomic E-state index is 11.3. The first-order valence-corrected chi connectivity index (χ1v) is 5.92. The molecule has 0 saturated heterocycles. The highest BCUT2D eigenvalue weighted by Crippen LogP contribution is 2.16. The highest BCUT2D eigenvalue weighted by Gasteiger charge is 2.21. The lowest BCUT2D eigenvalue weighted by atomic mass is 10.1. The van der Waals surface area contributed by atoms with Gasteiger partial charge in [0.15, 0.2) is 0 Å². The number of carboxylic acids is 1. The van der Waals surface area contributed by atoms with Crippen LogP contribution in [0.2, 0.25) is 5.02 Å². The van der Waals surface area contributed by atoms with Crippen molar-refractivity contribution in [3.63, 3.8) is 0 Å². The van der Waals surface area contributed by atoms with Gasteiger partial charge in [-0.05, 0) is 11.6 Å². The second-order valence-corrected chi connectivity index (χ2v) is 4.13. The van der Waals surface area contributed by atoms with Crippen LogP contribution in [0.15, 0.2) is 36.9 Å². The Morgan fingerprint density at radius 1 is 1.47 bits per heavy atom. The van der Waals surface area contributed by atoms with E-state index in [0.717, 1.165) is 0 Å². The minimum absolute atomic E-state index is 0.0181. The number of benzene rings is 1. The first-order chi connectivity index (χ1) is 9.04. The molecule has 0 saturated carbocycles.